The lowest BCUT2D eigenvalue weighted by atomic mass is 9.49. The third kappa shape index (κ3) is 2.93. The van der Waals surface area contributed by atoms with Crippen molar-refractivity contribution < 1.29 is 4.79 Å². The molecule has 1 heterocycles. The highest BCUT2D eigenvalue weighted by Crippen LogP contribution is 2.61. The van der Waals surface area contributed by atoms with E-state index in [1.807, 2.05) is 0 Å². The van der Waals surface area contributed by atoms with E-state index < -0.39 is 0 Å². The van der Waals surface area contributed by atoms with Crippen LogP contribution < -0.4 is 10.6 Å². The van der Waals surface area contributed by atoms with Crippen LogP contribution in [0.5, 0.6) is 0 Å². The molecule has 1 aliphatic heterocycles. The number of amides is 1. The standard InChI is InChI=1S/C19H32N2O/c1-18(2-4-20-5-3-18)13-21-17(22)12-19-9-14-6-15(10-19)8-16(7-14)11-19/h14-16,20H,2-13H2,1H3,(H,21,22). The molecule has 3 nitrogen and oxygen atoms in total. The van der Waals surface area contributed by atoms with Gasteiger partial charge in [-0.05, 0) is 93.0 Å². The van der Waals surface area contributed by atoms with Crippen LogP contribution in [0.4, 0.5) is 0 Å². The third-order valence-electron chi connectivity index (χ3n) is 7.22. The first-order valence-corrected chi connectivity index (χ1v) is 9.52. The van der Waals surface area contributed by atoms with Crippen molar-refractivity contribution in [3.8, 4) is 0 Å². The molecule has 4 saturated carbocycles. The predicted octanol–water partition coefficient (Wildman–Crippen LogP) is 3.10. The van der Waals surface area contributed by atoms with Crippen molar-refractivity contribution in [3.63, 3.8) is 0 Å². The van der Waals surface area contributed by atoms with Crippen LogP contribution in [0.2, 0.25) is 0 Å². The first-order chi connectivity index (χ1) is 10.5. The number of hydrogen-bond donors (Lipinski definition) is 2. The molecule has 0 spiro atoms. The molecular formula is C19H32N2O. The molecule has 4 bridgehead atoms. The molecule has 0 radical (unpaired) electrons. The maximum absolute atomic E-state index is 12.6. The molecule has 1 amide bonds. The number of carbonyl (C=O) groups is 1. The molecule has 0 aromatic carbocycles. The molecule has 0 unspecified atom stereocenters. The molecule has 0 atom stereocenters. The van der Waals surface area contributed by atoms with Crippen molar-refractivity contribution in [1.29, 1.82) is 0 Å². The quantitative estimate of drug-likeness (QED) is 0.838. The van der Waals surface area contributed by atoms with Gasteiger partial charge in [-0.1, -0.05) is 6.92 Å². The van der Waals surface area contributed by atoms with Gasteiger partial charge in [0.25, 0.3) is 0 Å². The molecule has 3 heteroatoms. The maximum atomic E-state index is 12.6. The van der Waals surface area contributed by atoms with Gasteiger partial charge >= 0.3 is 0 Å². The first-order valence-electron chi connectivity index (χ1n) is 9.52. The Morgan fingerprint density at radius 1 is 1.05 bits per heavy atom. The van der Waals surface area contributed by atoms with Crippen molar-refractivity contribution in [3.05, 3.63) is 0 Å². The summed E-state index contributed by atoms with van der Waals surface area (Å²) in [4.78, 5) is 12.6. The molecule has 124 valence electrons. The summed E-state index contributed by atoms with van der Waals surface area (Å²) in [6, 6.07) is 0. The van der Waals surface area contributed by atoms with E-state index in [4.69, 9.17) is 0 Å². The lowest BCUT2D eigenvalue weighted by Crippen LogP contribution is -2.49. The van der Waals surface area contributed by atoms with Crippen molar-refractivity contribution in [1.82, 2.24) is 10.6 Å². The minimum Gasteiger partial charge on any atom is -0.356 e. The van der Waals surface area contributed by atoms with Gasteiger partial charge in [-0.2, -0.15) is 0 Å². The van der Waals surface area contributed by atoms with Crippen molar-refractivity contribution in [2.75, 3.05) is 19.6 Å². The number of carbonyl (C=O) groups excluding carboxylic acids is 1. The Morgan fingerprint density at radius 3 is 2.14 bits per heavy atom. The second kappa shape index (κ2) is 5.51. The van der Waals surface area contributed by atoms with Gasteiger partial charge in [-0.3, -0.25) is 4.79 Å². The van der Waals surface area contributed by atoms with E-state index in [1.54, 1.807) is 0 Å². The Bertz CT molecular complexity index is 403. The Labute approximate surface area is 135 Å². The highest BCUT2D eigenvalue weighted by Gasteiger charge is 2.51. The van der Waals surface area contributed by atoms with Crippen LogP contribution in [-0.2, 0) is 4.79 Å². The number of nitrogens with one attached hydrogen (secondary N) is 2. The van der Waals surface area contributed by atoms with Crippen LogP contribution in [0.3, 0.4) is 0 Å². The normalized spacial score (nSPS) is 42.3. The Kier molecular flexibility index (Phi) is 3.75. The van der Waals surface area contributed by atoms with Crippen LogP contribution in [0.15, 0.2) is 0 Å². The lowest BCUT2D eigenvalue weighted by Gasteiger charge is -2.56. The minimum atomic E-state index is 0.308. The molecule has 4 aliphatic carbocycles. The third-order valence-corrected chi connectivity index (χ3v) is 7.22. The first kappa shape index (κ1) is 15.0. The van der Waals surface area contributed by atoms with E-state index >= 15 is 0 Å². The monoisotopic (exact) mass is 304 g/mol. The second-order valence-electron chi connectivity index (χ2n) is 9.43. The molecular weight excluding hydrogens is 272 g/mol. The summed E-state index contributed by atoms with van der Waals surface area (Å²) in [5, 5.41) is 6.72. The van der Waals surface area contributed by atoms with Crippen molar-refractivity contribution in [2.24, 2.45) is 28.6 Å². The Hall–Kier alpha value is -0.570. The zero-order valence-electron chi connectivity index (χ0n) is 14.1. The molecule has 0 aromatic heterocycles. The van der Waals surface area contributed by atoms with E-state index in [2.05, 4.69) is 17.6 Å². The largest absolute Gasteiger partial charge is 0.356 e. The SMILES string of the molecule is CC1(CNC(=O)CC23CC4CC(CC(C4)C2)C3)CCNCC1. The van der Waals surface area contributed by atoms with Crippen LogP contribution >= 0.6 is 0 Å². The molecule has 5 fully saturated rings. The highest BCUT2D eigenvalue weighted by atomic mass is 16.1. The zero-order valence-corrected chi connectivity index (χ0v) is 14.1. The summed E-state index contributed by atoms with van der Waals surface area (Å²) >= 11 is 0. The smallest absolute Gasteiger partial charge is 0.220 e. The van der Waals surface area contributed by atoms with Gasteiger partial charge < -0.3 is 10.6 Å². The fraction of sp³-hybridized carbons (Fsp3) is 0.947. The van der Waals surface area contributed by atoms with Gasteiger partial charge in [0.2, 0.25) is 5.91 Å². The van der Waals surface area contributed by atoms with Gasteiger partial charge in [-0.25, -0.2) is 0 Å². The fourth-order valence-electron chi connectivity index (χ4n) is 6.43. The highest BCUT2D eigenvalue weighted by molar-refractivity contribution is 5.76. The molecule has 1 saturated heterocycles. The van der Waals surface area contributed by atoms with Gasteiger partial charge in [0.05, 0.1) is 0 Å². The van der Waals surface area contributed by atoms with E-state index in [-0.39, 0.29) is 0 Å². The van der Waals surface area contributed by atoms with Crippen LogP contribution in [0.25, 0.3) is 0 Å². The lowest BCUT2D eigenvalue weighted by molar-refractivity contribution is -0.130. The molecule has 0 aromatic rings. The van der Waals surface area contributed by atoms with E-state index in [0.717, 1.165) is 43.8 Å². The summed E-state index contributed by atoms with van der Waals surface area (Å²) in [5.74, 6) is 3.17. The van der Waals surface area contributed by atoms with E-state index in [0.29, 0.717) is 16.7 Å². The molecule has 22 heavy (non-hydrogen) atoms. The van der Waals surface area contributed by atoms with Gasteiger partial charge in [-0.15, -0.1) is 0 Å². The number of hydrogen-bond acceptors (Lipinski definition) is 2. The zero-order chi connectivity index (χ0) is 15.2. The minimum absolute atomic E-state index is 0.308. The summed E-state index contributed by atoms with van der Waals surface area (Å²) in [5.41, 5.74) is 0.691. The number of piperidine rings is 1. The Balaban J connectivity index is 1.32. The summed E-state index contributed by atoms with van der Waals surface area (Å²) in [6.07, 6.45) is 11.6. The summed E-state index contributed by atoms with van der Waals surface area (Å²) < 4.78 is 0. The second-order valence-corrected chi connectivity index (χ2v) is 9.43. The summed E-state index contributed by atoms with van der Waals surface area (Å²) in [6.45, 7) is 5.40. The van der Waals surface area contributed by atoms with Crippen LogP contribution in [0, 0.1) is 28.6 Å². The average Bonchev–Trinajstić information content (AvgIpc) is 2.44. The molecule has 5 aliphatic rings. The summed E-state index contributed by atoms with van der Waals surface area (Å²) in [7, 11) is 0. The Morgan fingerprint density at radius 2 is 1.59 bits per heavy atom. The van der Waals surface area contributed by atoms with Crippen LogP contribution in [0.1, 0.15) is 64.7 Å². The van der Waals surface area contributed by atoms with Crippen molar-refractivity contribution in [2.45, 2.75) is 64.7 Å². The van der Waals surface area contributed by atoms with Crippen LogP contribution in [-0.4, -0.2) is 25.5 Å². The van der Waals surface area contributed by atoms with Gasteiger partial charge in [0.1, 0.15) is 0 Å². The molecule has 2 N–H and O–H groups in total. The van der Waals surface area contributed by atoms with E-state index in [9.17, 15) is 4.79 Å². The molecule has 5 rings (SSSR count). The van der Waals surface area contributed by atoms with Gasteiger partial charge in [0.15, 0.2) is 0 Å². The predicted molar refractivity (Wildman–Crippen MR) is 88.4 cm³/mol. The average molecular weight is 304 g/mol. The topological polar surface area (TPSA) is 41.1 Å². The van der Waals surface area contributed by atoms with Gasteiger partial charge in [0, 0.05) is 13.0 Å². The number of rotatable bonds is 4. The maximum Gasteiger partial charge on any atom is 0.220 e. The fourth-order valence-corrected chi connectivity index (χ4v) is 6.43. The van der Waals surface area contributed by atoms with Crippen molar-refractivity contribution >= 4 is 5.91 Å². The van der Waals surface area contributed by atoms with E-state index in [1.165, 1.54) is 51.4 Å².